The van der Waals surface area contributed by atoms with Crippen molar-refractivity contribution in [2.75, 3.05) is 17.2 Å². The molecule has 1 aliphatic rings. The first-order chi connectivity index (χ1) is 7.58. The summed E-state index contributed by atoms with van der Waals surface area (Å²) in [6.45, 7) is 0. The highest BCUT2D eigenvalue weighted by molar-refractivity contribution is 7.99. The zero-order chi connectivity index (χ0) is 11.6. The van der Waals surface area contributed by atoms with Crippen molar-refractivity contribution < 1.29 is 8.42 Å². The largest absolute Gasteiger partial charge is 0.374 e. The first-order valence-electron chi connectivity index (χ1n) is 4.77. The molecule has 0 aromatic carbocycles. The van der Waals surface area contributed by atoms with Crippen LogP contribution in [0.15, 0.2) is 4.34 Å². The first-order valence-corrected chi connectivity index (χ1v) is 8.22. The molecule has 2 heterocycles. The number of nitrogens with one attached hydrogen (secondary N) is 1. The van der Waals surface area contributed by atoms with Crippen molar-refractivity contribution in [1.82, 2.24) is 14.9 Å². The molecule has 1 atom stereocenters. The van der Waals surface area contributed by atoms with E-state index in [1.165, 1.54) is 0 Å². The van der Waals surface area contributed by atoms with Gasteiger partial charge < -0.3 is 5.73 Å². The zero-order valence-corrected chi connectivity index (χ0v) is 10.9. The minimum absolute atomic E-state index is 0.00567. The summed E-state index contributed by atoms with van der Waals surface area (Å²) in [6.07, 6.45) is 1.91. The minimum atomic E-state index is -3.54. The lowest BCUT2D eigenvalue weighted by Crippen LogP contribution is -2.38. The Kier molecular flexibility index (Phi) is 3.67. The lowest BCUT2D eigenvalue weighted by molar-refractivity contribution is 0.541. The van der Waals surface area contributed by atoms with E-state index in [2.05, 4.69) is 14.9 Å². The molecule has 2 rings (SSSR count). The predicted molar refractivity (Wildman–Crippen MR) is 65.0 cm³/mol. The monoisotopic (exact) mass is 280 g/mol. The van der Waals surface area contributed by atoms with Crippen molar-refractivity contribution in [2.24, 2.45) is 0 Å². The Hall–Kier alpha value is -0.380. The number of hydrogen-bond acceptors (Lipinski definition) is 7. The molecular weight excluding hydrogens is 268 g/mol. The van der Waals surface area contributed by atoms with Gasteiger partial charge in [-0.15, -0.1) is 10.2 Å². The average Bonchev–Trinajstić information content (AvgIpc) is 2.66. The van der Waals surface area contributed by atoms with Gasteiger partial charge in [0.25, 0.3) is 10.0 Å². The Bertz CT molecular complexity index is 452. The molecule has 1 aromatic heterocycles. The quantitative estimate of drug-likeness (QED) is 0.826. The van der Waals surface area contributed by atoms with E-state index in [1.807, 2.05) is 0 Å². The standard InChI is InChI=1S/C7H12N4O2S3/c8-6-9-10-7(15-6)16(12,13)11-5-2-1-3-14-4-5/h5,11H,1-4H2,(H2,8,9). The third kappa shape index (κ3) is 2.84. The van der Waals surface area contributed by atoms with Gasteiger partial charge in [0.15, 0.2) is 0 Å². The number of thioether (sulfide) groups is 1. The summed E-state index contributed by atoms with van der Waals surface area (Å²) in [5.41, 5.74) is 5.36. The Morgan fingerprint density at radius 2 is 2.25 bits per heavy atom. The Labute approximate surface area is 102 Å². The molecule has 1 fully saturated rings. The number of hydrogen-bond donors (Lipinski definition) is 2. The van der Waals surface area contributed by atoms with Crippen LogP contribution in [0.2, 0.25) is 0 Å². The van der Waals surface area contributed by atoms with Crippen molar-refractivity contribution >= 4 is 38.3 Å². The molecular formula is C7H12N4O2S3. The van der Waals surface area contributed by atoms with Crippen molar-refractivity contribution in [3.8, 4) is 0 Å². The van der Waals surface area contributed by atoms with Gasteiger partial charge in [0.2, 0.25) is 9.47 Å². The SMILES string of the molecule is Nc1nnc(S(=O)(=O)NC2CCCSC2)s1. The molecule has 1 aliphatic heterocycles. The van der Waals surface area contributed by atoms with Crippen LogP contribution in [0.4, 0.5) is 5.13 Å². The summed E-state index contributed by atoms with van der Waals surface area (Å²) in [5.74, 6) is 1.91. The lowest BCUT2D eigenvalue weighted by Gasteiger charge is -2.21. The number of rotatable bonds is 3. The Morgan fingerprint density at radius 3 is 2.81 bits per heavy atom. The molecule has 1 saturated heterocycles. The highest BCUT2D eigenvalue weighted by Gasteiger charge is 2.25. The Morgan fingerprint density at radius 1 is 1.44 bits per heavy atom. The van der Waals surface area contributed by atoms with E-state index in [0.29, 0.717) is 0 Å². The number of nitrogen functional groups attached to an aromatic ring is 1. The van der Waals surface area contributed by atoms with E-state index in [-0.39, 0.29) is 15.5 Å². The van der Waals surface area contributed by atoms with Gasteiger partial charge >= 0.3 is 0 Å². The van der Waals surface area contributed by atoms with Gasteiger partial charge in [0.1, 0.15) is 0 Å². The molecule has 0 aliphatic carbocycles. The van der Waals surface area contributed by atoms with Crippen molar-refractivity contribution in [1.29, 1.82) is 0 Å². The molecule has 0 amide bonds. The number of anilines is 1. The van der Waals surface area contributed by atoms with Crippen molar-refractivity contribution in [2.45, 2.75) is 23.2 Å². The van der Waals surface area contributed by atoms with E-state index in [9.17, 15) is 8.42 Å². The second kappa shape index (κ2) is 4.86. The number of sulfonamides is 1. The van der Waals surface area contributed by atoms with Crippen molar-refractivity contribution in [3.63, 3.8) is 0 Å². The van der Waals surface area contributed by atoms with E-state index >= 15 is 0 Å². The smallest absolute Gasteiger partial charge is 0.270 e. The summed E-state index contributed by atoms with van der Waals surface area (Å²) < 4.78 is 26.3. The third-order valence-electron chi connectivity index (χ3n) is 2.13. The van der Waals surface area contributed by atoms with Crippen LogP contribution in [0.3, 0.4) is 0 Å². The van der Waals surface area contributed by atoms with Gasteiger partial charge in [-0.1, -0.05) is 11.3 Å². The molecule has 6 nitrogen and oxygen atoms in total. The summed E-state index contributed by atoms with van der Waals surface area (Å²) in [6, 6.07) is -0.00567. The molecule has 9 heteroatoms. The zero-order valence-electron chi connectivity index (χ0n) is 8.42. The number of nitrogens with two attached hydrogens (primary N) is 1. The highest BCUT2D eigenvalue weighted by Crippen LogP contribution is 2.21. The second-order valence-electron chi connectivity index (χ2n) is 3.44. The number of aromatic nitrogens is 2. The van der Waals surface area contributed by atoms with E-state index in [4.69, 9.17) is 5.73 Å². The van der Waals surface area contributed by atoms with Crippen LogP contribution in [0.1, 0.15) is 12.8 Å². The van der Waals surface area contributed by atoms with Crippen LogP contribution in [-0.4, -0.2) is 36.2 Å². The van der Waals surface area contributed by atoms with E-state index in [0.717, 1.165) is 35.7 Å². The lowest BCUT2D eigenvalue weighted by atomic mass is 10.2. The summed E-state index contributed by atoms with van der Waals surface area (Å²) in [4.78, 5) is 0. The minimum Gasteiger partial charge on any atom is -0.374 e. The molecule has 0 radical (unpaired) electrons. The average molecular weight is 280 g/mol. The van der Waals surface area contributed by atoms with Crippen LogP contribution in [0, 0.1) is 0 Å². The molecule has 90 valence electrons. The summed E-state index contributed by atoms with van der Waals surface area (Å²) in [7, 11) is -3.54. The summed E-state index contributed by atoms with van der Waals surface area (Å²) in [5, 5.41) is 7.20. The third-order valence-corrected chi connectivity index (χ3v) is 5.99. The first kappa shape index (κ1) is 12.1. The van der Waals surface area contributed by atoms with Gasteiger partial charge in [-0.25, -0.2) is 13.1 Å². The van der Waals surface area contributed by atoms with Gasteiger partial charge in [-0.2, -0.15) is 11.8 Å². The molecule has 3 N–H and O–H groups in total. The normalized spacial score (nSPS) is 22.1. The topological polar surface area (TPSA) is 98.0 Å². The van der Waals surface area contributed by atoms with Gasteiger partial charge in [-0.3, -0.25) is 0 Å². The van der Waals surface area contributed by atoms with E-state index in [1.54, 1.807) is 11.8 Å². The fraction of sp³-hybridized carbons (Fsp3) is 0.714. The van der Waals surface area contributed by atoms with Crippen LogP contribution in [0.5, 0.6) is 0 Å². The fourth-order valence-electron chi connectivity index (χ4n) is 1.43. The molecule has 1 unspecified atom stereocenters. The summed E-state index contributed by atoms with van der Waals surface area (Å²) >= 11 is 2.64. The maximum Gasteiger partial charge on any atom is 0.270 e. The van der Waals surface area contributed by atoms with Crippen LogP contribution >= 0.6 is 23.1 Å². The molecule has 1 aromatic rings. The van der Waals surface area contributed by atoms with Crippen LogP contribution in [-0.2, 0) is 10.0 Å². The van der Waals surface area contributed by atoms with Crippen molar-refractivity contribution in [3.05, 3.63) is 0 Å². The van der Waals surface area contributed by atoms with Crippen LogP contribution < -0.4 is 10.5 Å². The van der Waals surface area contributed by atoms with E-state index < -0.39 is 10.0 Å². The van der Waals surface area contributed by atoms with Gasteiger partial charge in [0, 0.05) is 11.8 Å². The highest BCUT2D eigenvalue weighted by atomic mass is 32.2. The van der Waals surface area contributed by atoms with Gasteiger partial charge in [0.05, 0.1) is 0 Å². The maximum atomic E-state index is 11.8. The maximum absolute atomic E-state index is 11.8. The number of nitrogens with zero attached hydrogens (tertiary/aromatic N) is 2. The van der Waals surface area contributed by atoms with Gasteiger partial charge in [-0.05, 0) is 18.6 Å². The molecule has 0 spiro atoms. The molecule has 0 saturated carbocycles. The molecule has 16 heavy (non-hydrogen) atoms. The molecule has 0 bridgehead atoms. The second-order valence-corrected chi connectivity index (χ2v) is 7.49. The predicted octanol–water partition coefficient (Wildman–Crippen LogP) is 0.294. The fourth-order valence-corrected chi connectivity index (χ4v) is 4.68. The van der Waals surface area contributed by atoms with Crippen LogP contribution in [0.25, 0.3) is 0 Å². The Balaban J connectivity index is 2.07.